The van der Waals surface area contributed by atoms with E-state index in [1.54, 1.807) is 9.80 Å². The molecule has 0 saturated carbocycles. The fourth-order valence-corrected chi connectivity index (χ4v) is 1.71. The zero-order valence-electron chi connectivity index (χ0n) is 12.4. The van der Waals surface area contributed by atoms with Crippen molar-refractivity contribution < 1.29 is 24.2 Å². The molecule has 0 unspecified atom stereocenters. The van der Waals surface area contributed by atoms with Crippen LogP contribution < -0.4 is 0 Å². The molecule has 2 amide bonds. The molecule has 0 aliphatic carbocycles. The molecule has 1 N–H and O–H groups in total. The predicted octanol–water partition coefficient (Wildman–Crippen LogP) is 1.06. The van der Waals surface area contributed by atoms with Gasteiger partial charge in [0.25, 0.3) is 0 Å². The van der Waals surface area contributed by atoms with Crippen molar-refractivity contribution in [3.05, 3.63) is 0 Å². The summed E-state index contributed by atoms with van der Waals surface area (Å²) in [7, 11) is 0. The van der Waals surface area contributed by atoms with E-state index >= 15 is 0 Å². The highest BCUT2D eigenvalue weighted by molar-refractivity contribution is 5.70. The van der Waals surface area contributed by atoms with E-state index in [0.717, 1.165) is 0 Å². The number of hydrogen-bond donors (Lipinski definition) is 1. The Hall–Kier alpha value is -1.50. The lowest BCUT2D eigenvalue weighted by atomic mass is 10.2. The summed E-state index contributed by atoms with van der Waals surface area (Å²) in [4.78, 5) is 26.6. The van der Waals surface area contributed by atoms with E-state index in [2.05, 4.69) is 0 Å². The molecule has 20 heavy (non-hydrogen) atoms. The summed E-state index contributed by atoms with van der Waals surface area (Å²) in [5, 5.41) is 8.62. The van der Waals surface area contributed by atoms with Crippen LogP contribution in [0, 0.1) is 0 Å². The number of ether oxygens (including phenoxy) is 2. The summed E-state index contributed by atoms with van der Waals surface area (Å²) >= 11 is 0. The Morgan fingerprint density at radius 2 is 1.55 bits per heavy atom. The lowest BCUT2D eigenvalue weighted by Crippen LogP contribution is -2.51. The van der Waals surface area contributed by atoms with Gasteiger partial charge >= 0.3 is 12.2 Å². The lowest BCUT2D eigenvalue weighted by Gasteiger charge is -2.35. The summed E-state index contributed by atoms with van der Waals surface area (Å²) in [5.74, 6) is 0. The van der Waals surface area contributed by atoms with Crippen LogP contribution in [0.25, 0.3) is 0 Å². The highest BCUT2D eigenvalue weighted by Gasteiger charge is 2.28. The van der Waals surface area contributed by atoms with Crippen molar-refractivity contribution in [1.82, 2.24) is 9.80 Å². The quantitative estimate of drug-likeness (QED) is 0.785. The van der Waals surface area contributed by atoms with Gasteiger partial charge in [-0.2, -0.15) is 0 Å². The van der Waals surface area contributed by atoms with Crippen molar-refractivity contribution in [3.63, 3.8) is 0 Å². The van der Waals surface area contributed by atoms with Crippen molar-refractivity contribution in [2.75, 3.05) is 39.4 Å². The van der Waals surface area contributed by atoms with Gasteiger partial charge in [0.15, 0.2) is 0 Å². The van der Waals surface area contributed by atoms with E-state index in [4.69, 9.17) is 14.6 Å². The van der Waals surface area contributed by atoms with Crippen molar-refractivity contribution in [3.8, 4) is 0 Å². The SMILES string of the molecule is CC(C)(C)OC(=O)N1CCN(C(=O)OCCCO)CC1. The third-order valence-electron chi connectivity index (χ3n) is 2.72. The van der Waals surface area contributed by atoms with Crippen LogP contribution in [0.15, 0.2) is 0 Å². The summed E-state index contributed by atoms with van der Waals surface area (Å²) < 4.78 is 10.3. The highest BCUT2D eigenvalue weighted by atomic mass is 16.6. The Balaban J connectivity index is 2.32. The van der Waals surface area contributed by atoms with E-state index in [1.807, 2.05) is 20.8 Å². The number of rotatable bonds is 3. The van der Waals surface area contributed by atoms with Gasteiger partial charge in [-0.15, -0.1) is 0 Å². The second-order valence-electron chi connectivity index (χ2n) is 5.65. The molecule has 0 radical (unpaired) electrons. The molecule has 1 aliphatic heterocycles. The number of piperazine rings is 1. The summed E-state index contributed by atoms with van der Waals surface area (Å²) in [6, 6.07) is 0. The van der Waals surface area contributed by atoms with Crippen LogP contribution in [-0.2, 0) is 9.47 Å². The van der Waals surface area contributed by atoms with Gasteiger partial charge in [-0.1, -0.05) is 0 Å². The van der Waals surface area contributed by atoms with Gasteiger partial charge in [0.1, 0.15) is 5.60 Å². The van der Waals surface area contributed by atoms with Gasteiger partial charge in [-0.25, -0.2) is 9.59 Å². The molecule has 1 fully saturated rings. The minimum absolute atomic E-state index is 0.000296. The second-order valence-corrected chi connectivity index (χ2v) is 5.65. The Kier molecular flexibility index (Phi) is 6.06. The average Bonchev–Trinajstić information content (AvgIpc) is 2.37. The first kappa shape index (κ1) is 16.6. The van der Waals surface area contributed by atoms with Crippen LogP contribution in [0.2, 0.25) is 0 Å². The third kappa shape index (κ3) is 5.64. The Bertz CT molecular complexity index is 332. The van der Waals surface area contributed by atoms with Crippen LogP contribution in [-0.4, -0.2) is 72.1 Å². The number of nitrogens with zero attached hydrogens (tertiary/aromatic N) is 2. The molecule has 0 aromatic heterocycles. The van der Waals surface area contributed by atoms with Crippen molar-refractivity contribution >= 4 is 12.2 Å². The zero-order chi connectivity index (χ0) is 15.2. The Labute approximate surface area is 119 Å². The molecule has 7 heteroatoms. The topological polar surface area (TPSA) is 79.3 Å². The molecule has 7 nitrogen and oxygen atoms in total. The number of hydrogen-bond acceptors (Lipinski definition) is 5. The first-order chi connectivity index (χ1) is 9.33. The molecule has 1 heterocycles. The molecule has 0 spiro atoms. The summed E-state index contributed by atoms with van der Waals surface area (Å²) in [5.41, 5.74) is -0.516. The number of aliphatic hydroxyl groups excluding tert-OH is 1. The first-order valence-electron chi connectivity index (χ1n) is 6.84. The normalized spacial score (nSPS) is 16.0. The van der Waals surface area contributed by atoms with Crippen molar-refractivity contribution in [2.45, 2.75) is 32.8 Å². The molecule has 0 aromatic carbocycles. The summed E-state index contributed by atoms with van der Waals surface area (Å²) in [6.07, 6.45) is -0.322. The standard InChI is InChI=1S/C13H24N2O5/c1-13(2,3)20-12(18)15-7-5-14(6-8-15)11(17)19-10-4-9-16/h16H,4-10H2,1-3H3. The van der Waals surface area contributed by atoms with Gasteiger partial charge in [0.2, 0.25) is 0 Å². The minimum atomic E-state index is -0.516. The maximum absolute atomic E-state index is 11.8. The van der Waals surface area contributed by atoms with Crippen LogP contribution in [0.5, 0.6) is 0 Å². The van der Waals surface area contributed by atoms with E-state index in [1.165, 1.54) is 0 Å². The van der Waals surface area contributed by atoms with Crippen LogP contribution in [0.3, 0.4) is 0 Å². The van der Waals surface area contributed by atoms with Gasteiger partial charge in [0.05, 0.1) is 6.61 Å². The average molecular weight is 288 g/mol. The maximum Gasteiger partial charge on any atom is 0.410 e. The van der Waals surface area contributed by atoms with E-state index in [-0.39, 0.29) is 19.3 Å². The number of aliphatic hydroxyl groups is 1. The lowest BCUT2D eigenvalue weighted by molar-refractivity contribution is 0.0127. The zero-order valence-corrected chi connectivity index (χ0v) is 12.4. The molecule has 0 aromatic rings. The van der Waals surface area contributed by atoms with Crippen molar-refractivity contribution in [2.24, 2.45) is 0 Å². The molecular formula is C13H24N2O5. The largest absolute Gasteiger partial charge is 0.449 e. The number of carbonyl (C=O) groups excluding carboxylic acids is 2. The minimum Gasteiger partial charge on any atom is -0.449 e. The van der Waals surface area contributed by atoms with E-state index in [9.17, 15) is 9.59 Å². The smallest absolute Gasteiger partial charge is 0.410 e. The van der Waals surface area contributed by atoms with Gasteiger partial charge < -0.3 is 24.4 Å². The molecule has 1 rings (SSSR count). The van der Waals surface area contributed by atoms with Crippen LogP contribution in [0.4, 0.5) is 9.59 Å². The molecular weight excluding hydrogens is 264 g/mol. The predicted molar refractivity (Wildman–Crippen MR) is 72.4 cm³/mol. The molecule has 0 bridgehead atoms. The number of carbonyl (C=O) groups is 2. The van der Waals surface area contributed by atoms with Crippen LogP contribution >= 0.6 is 0 Å². The summed E-state index contributed by atoms with van der Waals surface area (Å²) in [6.45, 7) is 7.39. The van der Waals surface area contributed by atoms with Gasteiger partial charge in [0, 0.05) is 39.2 Å². The second kappa shape index (κ2) is 7.33. The van der Waals surface area contributed by atoms with E-state index in [0.29, 0.717) is 32.6 Å². The van der Waals surface area contributed by atoms with Gasteiger partial charge in [-0.3, -0.25) is 0 Å². The van der Waals surface area contributed by atoms with Crippen LogP contribution in [0.1, 0.15) is 27.2 Å². The van der Waals surface area contributed by atoms with E-state index < -0.39 is 11.7 Å². The Morgan fingerprint density at radius 1 is 1.05 bits per heavy atom. The first-order valence-corrected chi connectivity index (χ1v) is 6.84. The third-order valence-corrected chi connectivity index (χ3v) is 2.72. The number of amides is 2. The maximum atomic E-state index is 11.8. The molecule has 1 aliphatic rings. The molecule has 116 valence electrons. The monoisotopic (exact) mass is 288 g/mol. The van der Waals surface area contributed by atoms with Crippen molar-refractivity contribution in [1.29, 1.82) is 0 Å². The fraction of sp³-hybridized carbons (Fsp3) is 0.846. The molecule has 1 saturated heterocycles. The Morgan fingerprint density at radius 3 is 2.00 bits per heavy atom. The highest BCUT2D eigenvalue weighted by Crippen LogP contribution is 2.12. The molecule has 0 atom stereocenters. The van der Waals surface area contributed by atoms with Gasteiger partial charge in [-0.05, 0) is 20.8 Å². The fourth-order valence-electron chi connectivity index (χ4n) is 1.71.